The number of esters is 1. The van der Waals surface area contributed by atoms with Gasteiger partial charge in [-0.3, -0.25) is 14.9 Å². The molecular weight excluding hydrogens is 386 g/mol. The molecule has 1 amide bonds. The van der Waals surface area contributed by atoms with Crippen LogP contribution in [0.4, 0.5) is 11.4 Å². The molecule has 0 aliphatic heterocycles. The molecule has 1 saturated carbocycles. The standard InChI is InChI=1S/C22H25N3O5/c1-3-18(15-6-4-14(2)5-7-15)24-21(26)13-30-22(27)16-8-11-19(23-17-9-10-17)20(12-16)25(28)29/h4-8,11-12,17-18,23H,3,9-10,13H2,1-2H3,(H,24,26)/t18-/m1/s1. The van der Waals surface area contributed by atoms with E-state index in [1.807, 2.05) is 38.1 Å². The maximum absolute atomic E-state index is 12.3. The van der Waals surface area contributed by atoms with Gasteiger partial charge in [-0.1, -0.05) is 36.8 Å². The lowest BCUT2D eigenvalue weighted by molar-refractivity contribution is -0.384. The first-order chi connectivity index (χ1) is 14.4. The molecule has 0 unspecified atom stereocenters. The first-order valence-electron chi connectivity index (χ1n) is 9.95. The van der Waals surface area contributed by atoms with E-state index in [4.69, 9.17) is 4.74 Å². The van der Waals surface area contributed by atoms with Crippen molar-refractivity contribution in [2.75, 3.05) is 11.9 Å². The summed E-state index contributed by atoms with van der Waals surface area (Å²) < 4.78 is 5.06. The fraction of sp³-hybridized carbons (Fsp3) is 0.364. The van der Waals surface area contributed by atoms with Crippen molar-refractivity contribution < 1.29 is 19.2 Å². The van der Waals surface area contributed by atoms with Gasteiger partial charge in [-0.15, -0.1) is 0 Å². The highest BCUT2D eigenvalue weighted by Gasteiger charge is 2.26. The van der Waals surface area contributed by atoms with Gasteiger partial charge in [0.25, 0.3) is 11.6 Å². The van der Waals surface area contributed by atoms with Gasteiger partial charge in [0.15, 0.2) is 6.61 Å². The SMILES string of the molecule is CC[C@@H](NC(=O)COC(=O)c1ccc(NC2CC2)c([N+](=O)[O-])c1)c1ccc(C)cc1. The Kier molecular flexibility index (Phi) is 6.66. The Labute approximate surface area is 174 Å². The molecule has 0 saturated heterocycles. The van der Waals surface area contributed by atoms with E-state index < -0.39 is 23.4 Å². The van der Waals surface area contributed by atoms with Crippen LogP contribution in [-0.2, 0) is 9.53 Å². The van der Waals surface area contributed by atoms with Crippen molar-refractivity contribution in [2.24, 2.45) is 0 Å². The molecule has 8 heteroatoms. The monoisotopic (exact) mass is 411 g/mol. The van der Waals surface area contributed by atoms with Crippen molar-refractivity contribution in [3.8, 4) is 0 Å². The number of hydrogen-bond donors (Lipinski definition) is 2. The first kappa shape index (κ1) is 21.3. The second kappa shape index (κ2) is 9.39. The zero-order valence-corrected chi connectivity index (χ0v) is 17.0. The van der Waals surface area contributed by atoms with Crippen LogP contribution < -0.4 is 10.6 Å². The van der Waals surface area contributed by atoms with E-state index >= 15 is 0 Å². The summed E-state index contributed by atoms with van der Waals surface area (Å²) in [7, 11) is 0. The lowest BCUT2D eigenvalue weighted by Crippen LogP contribution is -2.32. The number of nitrogens with zero attached hydrogens (tertiary/aromatic N) is 1. The van der Waals surface area contributed by atoms with Crippen LogP contribution in [0.15, 0.2) is 42.5 Å². The summed E-state index contributed by atoms with van der Waals surface area (Å²) in [5.41, 5.74) is 2.31. The van der Waals surface area contributed by atoms with Crippen LogP contribution in [0.5, 0.6) is 0 Å². The molecule has 8 nitrogen and oxygen atoms in total. The normalized spacial score (nSPS) is 13.9. The Morgan fingerprint density at radius 1 is 1.20 bits per heavy atom. The molecule has 1 aliphatic carbocycles. The summed E-state index contributed by atoms with van der Waals surface area (Å²) in [4.78, 5) is 35.3. The molecule has 2 N–H and O–H groups in total. The Balaban J connectivity index is 1.58. The minimum absolute atomic E-state index is 0.0291. The van der Waals surface area contributed by atoms with Crippen LogP contribution >= 0.6 is 0 Å². The number of nitro groups is 1. The van der Waals surface area contributed by atoms with Gasteiger partial charge in [0.1, 0.15) is 5.69 Å². The lowest BCUT2D eigenvalue weighted by Gasteiger charge is -2.17. The van der Waals surface area contributed by atoms with E-state index in [2.05, 4.69) is 10.6 Å². The zero-order chi connectivity index (χ0) is 21.7. The van der Waals surface area contributed by atoms with Crippen molar-refractivity contribution in [2.45, 2.75) is 45.2 Å². The molecule has 0 bridgehead atoms. The quantitative estimate of drug-likeness (QED) is 0.368. The number of rotatable bonds is 9. The topological polar surface area (TPSA) is 111 Å². The number of anilines is 1. The summed E-state index contributed by atoms with van der Waals surface area (Å²) in [6.45, 7) is 3.48. The summed E-state index contributed by atoms with van der Waals surface area (Å²) in [5, 5.41) is 17.2. The Bertz CT molecular complexity index is 938. The highest BCUT2D eigenvalue weighted by molar-refractivity contribution is 5.93. The summed E-state index contributed by atoms with van der Waals surface area (Å²) in [6, 6.07) is 12.0. The third-order valence-electron chi connectivity index (χ3n) is 4.92. The second-order valence-electron chi connectivity index (χ2n) is 7.42. The zero-order valence-electron chi connectivity index (χ0n) is 17.0. The molecule has 3 rings (SSSR count). The fourth-order valence-corrected chi connectivity index (χ4v) is 3.05. The molecular formula is C22H25N3O5. The van der Waals surface area contributed by atoms with Crippen LogP contribution in [0.1, 0.15) is 53.7 Å². The van der Waals surface area contributed by atoms with Crippen molar-refractivity contribution in [3.63, 3.8) is 0 Å². The Morgan fingerprint density at radius 3 is 2.50 bits per heavy atom. The summed E-state index contributed by atoms with van der Waals surface area (Å²) >= 11 is 0. The number of amides is 1. The minimum Gasteiger partial charge on any atom is -0.452 e. The summed E-state index contributed by atoms with van der Waals surface area (Å²) in [6.07, 6.45) is 2.62. The number of nitrogens with one attached hydrogen (secondary N) is 2. The van der Waals surface area contributed by atoms with E-state index in [0.717, 1.165) is 24.0 Å². The lowest BCUT2D eigenvalue weighted by atomic mass is 10.0. The van der Waals surface area contributed by atoms with Crippen LogP contribution in [0.2, 0.25) is 0 Å². The largest absolute Gasteiger partial charge is 0.452 e. The van der Waals surface area contributed by atoms with Gasteiger partial charge in [0.2, 0.25) is 0 Å². The van der Waals surface area contributed by atoms with Gasteiger partial charge in [-0.25, -0.2) is 4.79 Å². The van der Waals surface area contributed by atoms with Crippen molar-refractivity contribution >= 4 is 23.3 Å². The van der Waals surface area contributed by atoms with Gasteiger partial charge in [0, 0.05) is 12.1 Å². The van der Waals surface area contributed by atoms with Crippen LogP contribution in [0.3, 0.4) is 0 Å². The van der Waals surface area contributed by atoms with E-state index in [0.29, 0.717) is 12.1 Å². The van der Waals surface area contributed by atoms with Crippen molar-refractivity contribution in [1.29, 1.82) is 0 Å². The highest BCUT2D eigenvalue weighted by Crippen LogP contribution is 2.31. The Hall–Kier alpha value is -3.42. The van der Waals surface area contributed by atoms with Crippen LogP contribution in [0.25, 0.3) is 0 Å². The van der Waals surface area contributed by atoms with Gasteiger partial charge < -0.3 is 15.4 Å². The molecule has 2 aromatic rings. The molecule has 158 valence electrons. The molecule has 30 heavy (non-hydrogen) atoms. The average Bonchev–Trinajstić information content (AvgIpc) is 3.55. The molecule has 0 heterocycles. The molecule has 1 aliphatic rings. The predicted molar refractivity (Wildman–Crippen MR) is 112 cm³/mol. The van der Waals surface area contributed by atoms with E-state index in [-0.39, 0.29) is 23.3 Å². The van der Waals surface area contributed by atoms with E-state index in [1.54, 1.807) is 0 Å². The third-order valence-corrected chi connectivity index (χ3v) is 4.92. The average molecular weight is 411 g/mol. The Morgan fingerprint density at radius 2 is 1.90 bits per heavy atom. The highest BCUT2D eigenvalue weighted by atomic mass is 16.6. The number of nitro benzene ring substituents is 1. The van der Waals surface area contributed by atoms with Gasteiger partial charge >= 0.3 is 5.97 Å². The van der Waals surface area contributed by atoms with Gasteiger partial charge in [-0.05, 0) is 43.9 Å². The minimum atomic E-state index is -0.783. The van der Waals surface area contributed by atoms with Gasteiger partial charge in [0.05, 0.1) is 16.5 Å². The number of carbonyl (C=O) groups excluding carboxylic acids is 2. The maximum Gasteiger partial charge on any atom is 0.338 e. The first-order valence-corrected chi connectivity index (χ1v) is 9.95. The molecule has 1 fully saturated rings. The number of aryl methyl sites for hydroxylation is 1. The van der Waals surface area contributed by atoms with E-state index in [1.165, 1.54) is 18.2 Å². The predicted octanol–water partition coefficient (Wildman–Crippen LogP) is 3.90. The van der Waals surface area contributed by atoms with E-state index in [9.17, 15) is 19.7 Å². The maximum atomic E-state index is 12.3. The van der Waals surface area contributed by atoms with Crippen molar-refractivity contribution in [3.05, 3.63) is 69.3 Å². The van der Waals surface area contributed by atoms with Crippen LogP contribution in [-0.4, -0.2) is 29.4 Å². The van der Waals surface area contributed by atoms with Crippen molar-refractivity contribution in [1.82, 2.24) is 5.32 Å². The number of hydrogen-bond acceptors (Lipinski definition) is 6. The number of carbonyl (C=O) groups is 2. The third kappa shape index (κ3) is 5.56. The summed E-state index contributed by atoms with van der Waals surface area (Å²) in [5.74, 6) is -1.22. The number of ether oxygens (including phenoxy) is 1. The second-order valence-corrected chi connectivity index (χ2v) is 7.42. The fourth-order valence-electron chi connectivity index (χ4n) is 3.05. The molecule has 2 aromatic carbocycles. The smallest absolute Gasteiger partial charge is 0.338 e. The molecule has 1 atom stereocenters. The van der Waals surface area contributed by atoms with Crippen LogP contribution in [0, 0.1) is 17.0 Å². The van der Waals surface area contributed by atoms with Gasteiger partial charge in [-0.2, -0.15) is 0 Å². The molecule has 0 spiro atoms. The molecule has 0 radical (unpaired) electrons. The molecule has 0 aromatic heterocycles. The number of benzene rings is 2.